The third-order valence-electron chi connectivity index (χ3n) is 2.51. The summed E-state index contributed by atoms with van der Waals surface area (Å²) in [5, 5.41) is 14.6. The number of thioether (sulfide) groups is 1. The van der Waals surface area contributed by atoms with E-state index in [1.165, 1.54) is 11.8 Å². The lowest BCUT2D eigenvalue weighted by Crippen LogP contribution is -2.14. The molecule has 8 heteroatoms. The van der Waals surface area contributed by atoms with E-state index in [0.717, 1.165) is 5.75 Å². The first-order valence-electron chi connectivity index (χ1n) is 6.16. The minimum Gasteiger partial charge on any atom is -0.497 e. The van der Waals surface area contributed by atoms with Crippen molar-refractivity contribution in [1.29, 1.82) is 0 Å². The van der Waals surface area contributed by atoms with Crippen LogP contribution >= 0.6 is 11.8 Å². The average molecular weight is 305 g/mol. The van der Waals surface area contributed by atoms with E-state index < -0.39 is 0 Å². The van der Waals surface area contributed by atoms with Gasteiger partial charge in [-0.25, -0.2) is 4.68 Å². The molecule has 0 unspecified atom stereocenters. The molecule has 0 bridgehead atoms. The van der Waals surface area contributed by atoms with Gasteiger partial charge in [0, 0.05) is 5.69 Å². The Morgan fingerprint density at radius 3 is 2.90 bits per heavy atom. The summed E-state index contributed by atoms with van der Waals surface area (Å²) in [5.74, 6) is 0.841. The van der Waals surface area contributed by atoms with Crippen molar-refractivity contribution >= 4 is 23.4 Å². The average Bonchev–Trinajstić information content (AvgIpc) is 2.94. The SMILES string of the molecule is C=CCn1nnnc1SCC(=O)Nc1ccc(OC)cc1. The van der Waals surface area contributed by atoms with Crippen molar-refractivity contribution in [3.05, 3.63) is 36.9 Å². The molecule has 0 aliphatic rings. The van der Waals surface area contributed by atoms with Crippen LogP contribution in [-0.2, 0) is 11.3 Å². The summed E-state index contributed by atoms with van der Waals surface area (Å²) >= 11 is 1.27. The number of nitrogens with one attached hydrogen (secondary N) is 1. The molecule has 1 amide bonds. The molecule has 0 fully saturated rings. The van der Waals surface area contributed by atoms with Crippen molar-refractivity contribution in [3.63, 3.8) is 0 Å². The number of allylic oxidation sites excluding steroid dienone is 1. The third kappa shape index (κ3) is 4.32. The zero-order valence-corrected chi connectivity index (χ0v) is 12.3. The van der Waals surface area contributed by atoms with Crippen molar-refractivity contribution in [2.24, 2.45) is 0 Å². The molecule has 1 aromatic heterocycles. The highest BCUT2D eigenvalue weighted by atomic mass is 32.2. The van der Waals surface area contributed by atoms with Gasteiger partial charge in [-0.05, 0) is 34.7 Å². The van der Waals surface area contributed by atoms with Crippen LogP contribution < -0.4 is 10.1 Å². The van der Waals surface area contributed by atoms with Gasteiger partial charge in [0.05, 0.1) is 19.4 Å². The van der Waals surface area contributed by atoms with Gasteiger partial charge in [-0.2, -0.15) is 0 Å². The fraction of sp³-hybridized carbons (Fsp3) is 0.231. The number of tetrazole rings is 1. The Morgan fingerprint density at radius 2 is 2.24 bits per heavy atom. The van der Waals surface area contributed by atoms with Crippen LogP contribution in [0.2, 0.25) is 0 Å². The molecule has 2 aromatic rings. The molecule has 1 N–H and O–H groups in total. The maximum Gasteiger partial charge on any atom is 0.234 e. The van der Waals surface area contributed by atoms with Crippen molar-refractivity contribution in [2.75, 3.05) is 18.2 Å². The Morgan fingerprint density at radius 1 is 1.48 bits per heavy atom. The number of amides is 1. The molecule has 0 spiro atoms. The summed E-state index contributed by atoms with van der Waals surface area (Å²) in [6.07, 6.45) is 1.69. The van der Waals surface area contributed by atoms with Crippen molar-refractivity contribution in [2.45, 2.75) is 11.7 Å². The maximum absolute atomic E-state index is 11.9. The first-order valence-corrected chi connectivity index (χ1v) is 7.15. The first-order chi connectivity index (χ1) is 10.2. The highest BCUT2D eigenvalue weighted by Crippen LogP contribution is 2.17. The van der Waals surface area contributed by atoms with E-state index >= 15 is 0 Å². The quantitative estimate of drug-likeness (QED) is 0.618. The van der Waals surface area contributed by atoms with Gasteiger partial charge in [0.2, 0.25) is 11.1 Å². The van der Waals surface area contributed by atoms with Crippen LogP contribution in [0.1, 0.15) is 0 Å². The second-order valence-corrected chi connectivity index (χ2v) is 4.94. The molecule has 2 rings (SSSR count). The second-order valence-electron chi connectivity index (χ2n) is 4.00. The van der Waals surface area contributed by atoms with Gasteiger partial charge >= 0.3 is 0 Å². The highest BCUT2D eigenvalue weighted by Gasteiger charge is 2.09. The van der Waals surface area contributed by atoms with Crippen LogP contribution in [0, 0.1) is 0 Å². The number of nitrogens with zero attached hydrogens (tertiary/aromatic N) is 4. The minimum atomic E-state index is -0.127. The van der Waals surface area contributed by atoms with Gasteiger partial charge in [0.15, 0.2) is 0 Å². The van der Waals surface area contributed by atoms with E-state index in [9.17, 15) is 4.79 Å². The van der Waals surface area contributed by atoms with Crippen LogP contribution in [0.3, 0.4) is 0 Å². The summed E-state index contributed by atoms with van der Waals surface area (Å²) in [5.41, 5.74) is 0.715. The van der Waals surface area contributed by atoms with E-state index in [1.54, 1.807) is 42.1 Å². The number of rotatable bonds is 7. The van der Waals surface area contributed by atoms with Gasteiger partial charge in [-0.1, -0.05) is 17.8 Å². The summed E-state index contributed by atoms with van der Waals surface area (Å²) in [7, 11) is 1.59. The number of benzene rings is 1. The van der Waals surface area contributed by atoms with Crippen LogP contribution in [-0.4, -0.2) is 39.0 Å². The molecule has 0 saturated carbocycles. The summed E-state index contributed by atoms with van der Waals surface area (Å²) < 4.78 is 6.64. The van der Waals surface area contributed by atoms with Gasteiger partial charge in [0.1, 0.15) is 5.75 Å². The van der Waals surface area contributed by atoms with Crippen molar-refractivity contribution in [3.8, 4) is 5.75 Å². The number of carbonyl (C=O) groups excluding carboxylic acids is 1. The number of hydrogen-bond donors (Lipinski definition) is 1. The monoisotopic (exact) mass is 305 g/mol. The van der Waals surface area contributed by atoms with E-state index in [4.69, 9.17) is 4.74 Å². The lowest BCUT2D eigenvalue weighted by Gasteiger charge is -2.06. The van der Waals surface area contributed by atoms with E-state index in [2.05, 4.69) is 27.4 Å². The van der Waals surface area contributed by atoms with Gasteiger partial charge < -0.3 is 10.1 Å². The number of hydrogen-bond acceptors (Lipinski definition) is 6. The van der Waals surface area contributed by atoms with E-state index in [1.807, 2.05) is 0 Å². The molecular weight excluding hydrogens is 290 g/mol. The Kier molecular flexibility index (Phi) is 5.33. The van der Waals surface area contributed by atoms with Gasteiger partial charge in [0.25, 0.3) is 0 Å². The summed E-state index contributed by atoms with van der Waals surface area (Å²) in [4.78, 5) is 11.9. The smallest absolute Gasteiger partial charge is 0.234 e. The largest absolute Gasteiger partial charge is 0.497 e. The molecule has 0 aliphatic carbocycles. The predicted octanol–water partition coefficient (Wildman–Crippen LogP) is 1.60. The number of ether oxygens (including phenoxy) is 1. The lowest BCUT2D eigenvalue weighted by atomic mass is 10.3. The maximum atomic E-state index is 11.9. The molecule has 1 heterocycles. The Labute approximate surface area is 126 Å². The lowest BCUT2D eigenvalue weighted by molar-refractivity contribution is -0.113. The van der Waals surface area contributed by atoms with Gasteiger partial charge in [-0.3, -0.25) is 4.79 Å². The van der Waals surface area contributed by atoms with Crippen molar-refractivity contribution in [1.82, 2.24) is 20.2 Å². The van der Waals surface area contributed by atoms with Gasteiger partial charge in [-0.15, -0.1) is 11.7 Å². The molecule has 7 nitrogen and oxygen atoms in total. The zero-order chi connectivity index (χ0) is 15.1. The van der Waals surface area contributed by atoms with Crippen LogP contribution in [0.25, 0.3) is 0 Å². The Hall–Kier alpha value is -2.35. The first kappa shape index (κ1) is 15.0. The molecular formula is C13H15N5O2S. The molecule has 21 heavy (non-hydrogen) atoms. The second kappa shape index (κ2) is 7.44. The highest BCUT2D eigenvalue weighted by molar-refractivity contribution is 7.99. The number of anilines is 1. The summed E-state index contributed by atoms with van der Waals surface area (Å²) in [6, 6.07) is 7.13. The molecule has 0 aliphatic heterocycles. The molecule has 0 radical (unpaired) electrons. The fourth-order valence-electron chi connectivity index (χ4n) is 1.54. The van der Waals surface area contributed by atoms with E-state index in [0.29, 0.717) is 17.4 Å². The van der Waals surface area contributed by atoms with Crippen molar-refractivity contribution < 1.29 is 9.53 Å². The Balaban J connectivity index is 1.86. The predicted molar refractivity (Wildman–Crippen MR) is 80.4 cm³/mol. The standard InChI is InChI=1S/C13H15N5O2S/c1-3-8-18-13(15-16-17-18)21-9-12(19)14-10-4-6-11(20-2)7-5-10/h3-7H,1,8-9H2,2H3,(H,14,19). The number of carbonyl (C=O) groups is 1. The van der Waals surface area contributed by atoms with Crippen LogP contribution in [0.5, 0.6) is 5.75 Å². The normalized spacial score (nSPS) is 10.1. The molecule has 110 valence electrons. The Bertz CT molecular complexity index is 611. The number of aromatic nitrogens is 4. The van der Waals surface area contributed by atoms with E-state index in [-0.39, 0.29) is 11.7 Å². The fourth-order valence-corrected chi connectivity index (χ4v) is 2.22. The zero-order valence-electron chi connectivity index (χ0n) is 11.5. The van der Waals surface area contributed by atoms with Crippen LogP contribution in [0.15, 0.2) is 42.1 Å². The third-order valence-corrected chi connectivity index (χ3v) is 3.46. The number of methoxy groups -OCH3 is 1. The summed E-state index contributed by atoms with van der Waals surface area (Å²) in [6.45, 7) is 4.14. The molecule has 1 aromatic carbocycles. The minimum absolute atomic E-state index is 0.127. The topological polar surface area (TPSA) is 81.9 Å². The molecule has 0 saturated heterocycles. The molecule has 0 atom stereocenters. The van der Waals surface area contributed by atoms with Crippen LogP contribution in [0.4, 0.5) is 5.69 Å².